The van der Waals surface area contributed by atoms with Crippen molar-refractivity contribution in [3.8, 4) is 0 Å². The molecule has 1 aromatic rings. The zero-order valence-corrected chi connectivity index (χ0v) is 12.4. The quantitative estimate of drug-likeness (QED) is 0.670. The SMILES string of the molecule is NC(=S)C1CN(Cc2c(F)ccc(Br)c2F)CCO1. The number of benzene rings is 1. The third-order valence-electron chi connectivity index (χ3n) is 2.99. The molecule has 0 aliphatic carbocycles. The van der Waals surface area contributed by atoms with Crippen LogP contribution in [-0.2, 0) is 11.3 Å². The third kappa shape index (κ3) is 3.47. The molecule has 0 spiro atoms. The first-order chi connectivity index (χ1) is 8.99. The maximum atomic E-state index is 13.9. The Balaban J connectivity index is 2.13. The highest BCUT2D eigenvalue weighted by Crippen LogP contribution is 2.23. The van der Waals surface area contributed by atoms with Crippen molar-refractivity contribution in [3.63, 3.8) is 0 Å². The molecule has 1 saturated heterocycles. The van der Waals surface area contributed by atoms with Crippen LogP contribution >= 0.6 is 28.1 Å². The van der Waals surface area contributed by atoms with Crippen LogP contribution in [0.2, 0.25) is 0 Å². The second-order valence-corrected chi connectivity index (χ2v) is 5.64. The Bertz CT molecular complexity index is 501. The molecule has 1 aliphatic heterocycles. The number of rotatable bonds is 3. The van der Waals surface area contributed by atoms with Crippen molar-refractivity contribution in [2.24, 2.45) is 5.73 Å². The number of morpholine rings is 1. The molecule has 1 aliphatic rings. The van der Waals surface area contributed by atoms with Crippen molar-refractivity contribution in [2.45, 2.75) is 12.6 Å². The Labute approximate surface area is 123 Å². The molecule has 0 bridgehead atoms. The van der Waals surface area contributed by atoms with Crippen LogP contribution in [0.1, 0.15) is 5.56 Å². The van der Waals surface area contributed by atoms with E-state index < -0.39 is 11.6 Å². The first-order valence-corrected chi connectivity index (χ1v) is 6.95. The fourth-order valence-corrected chi connectivity index (χ4v) is 2.47. The minimum atomic E-state index is -0.571. The van der Waals surface area contributed by atoms with Gasteiger partial charge in [-0.3, -0.25) is 4.90 Å². The summed E-state index contributed by atoms with van der Waals surface area (Å²) >= 11 is 7.93. The average molecular weight is 351 g/mol. The number of thiocarbonyl (C=S) groups is 1. The van der Waals surface area contributed by atoms with Gasteiger partial charge in [0.15, 0.2) is 0 Å². The van der Waals surface area contributed by atoms with Gasteiger partial charge in [-0.15, -0.1) is 0 Å². The lowest BCUT2D eigenvalue weighted by Crippen LogP contribution is -2.47. The van der Waals surface area contributed by atoms with Gasteiger partial charge in [0.2, 0.25) is 0 Å². The lowest BCUT2D eigenvalue weighted by atomic mass is 10.1. The second-order valence-electron chi connectivity index (χ2n) is 4.32. The summed E-state index contributed by atoms with van der Waals surface area (Å²) in [5.41, 5.74) is 5.57. The van der Waals surface area contributed by atoms with Crippen molar-refractivity contribution in [1.82, 2.24) is 4.90 Å². The van der Waals surface area contributed by atoms with Crippen molar-refractivity contribution in [2.75, 3.05) is 19.7 Å². The molecule has 0 saturated carbocycles. The highest BCUT2D eigenvalue weighted by atomic mass is 79.9. The summed E-state index contributed by atoms with van der Waals surface area (Å²) in [4.78, 5) is 2.14. The topological polar surface area (TPSA) is 38.5 Å². The summed E-state index contributed by atoms with van der Waals surface area (Å²) in [5, 5.41) is 0. The Kier molecular flexibility index (Phi) is 4.83. The summed E-state index contributed by atoms with van der Waals surface area (Å²) in [5.74, 6) is -1.13. The van der Waals surface area contributed by atoms with E-state index in [1.165, 1.54) is 12.1 Å². The Hall–Kier alpha value is -0.630. The van der Waals surface area contributed by atoms with Gasteiger partial charge < -0.3 is 10.5 Å². The van der Waals surface area contributed by atoms with E-state index in [-0.39, 0.29) is 27.7 Å². The number of hydrogen-bond acceptors (Lipinski definition) is 3. The molecule has 0 amide bonds. The van der Waals surface area contributed by atoms with Crippen molar-refractivity contribution < 1.29 is 13.5 Å². The molecule has 7 heteroatoms. The minimum absolute atomic E-state index is 0.0398. The van der Waals surface area contributed by atoms with Gasteiger partial charge in [0.1, 0.15) is 22.7 Å². The smallest absolute Gasteiger partial charge is 0.144 e. The second kappa shape index (κ2) is 6.21. The Morgan fingerprint density at radius 3 is 2.95 bits per heavy atom. The van der Waals surface area contributed by atoms with Crippen molar-refractivity contribution in [3.05, 3.63) is 33.8 Å². The molecule has 0 radical (unpaired) electrons. The summed E-state index contributed by atoms with van der Waals surface area (Å²) in [7, 11) is 0. The first-order valence-electron chi connectivity index (χ1n) is 5.74. The minimum Gasteiger partial charge on any atom is -0.391 e. The van der Waals surface area contributed by atoms with Gasteiger partial charge in [0.05, 0.1) is 11.1 Å². The number of halogens is 3. The highest BCUT2D eigenvalue weighted by Gasteiger charge is 2.24. The molecular weight excluding hydrogens is 338 g/mol. The fraction of sp³-hybridized carbons (Fsp3) is 0.417. The van der Waals surface area contributed by atoms with Crippen molar-refractivity contribution in [1.29, 1.82) is 0 Å². The predicted octanol–water partition coefficient (Wildman–Crippen LogP) is 2.21. The Morgan fingerprint density at radius 2 is 2.26 bits per heavy atom. The normalized spacial score (nSPS) is 20.5. The predicted molar refractivity (Wildman–Crippen MR) is 75.9 cm³/mol. The lowest BCUT2D eigenvalue weighted by Gasteiger charge is -2.32. The maximum absolute atomic E-state index is 13.9. The van der Waals surface area contributed by atoms with Gasteiger partial charge in [-0.25, -0.2) is 8.78 Å². The molecule has 0 aromatic heterocycles. The molecular formula is C12H13BrF2N2OS. The van der Waals surface area contributed by atoms with E-state index in [4.69, 9.17) is 22.7 Å². The molecule has 1 fully saturated rings. The van der Waals surface area contributed by atoms with Crippen LogP contribution in [0.4, 0.5) is 8.78 Å². The van der Waals surface area contributed by atoms with Crippen LogP contribution in [0.25, 0.3) is 0 Å². The monoisotopic (exact) mass is 350 g/mol. The zero-order chi connectivity index (χ0) is 14.0. The van der Waals surface area contributed by atoms with E-state index in [1.807, 2.05) is 4.90 Å². The van der Waals surface area contributed by atoms with E-state index in [2.05, 4.69) is 15.9 Å². The van der Waals surface area contributed by atoms with Gasteiger partial charge in [0, 0.05) is 25.2 Å². The summed E-state index contributed by atoms with van der Waals surface area (Å²) in [6.07, 6.45) is -0.359. The van der Waals surface area contributed by atoms with Crippen LogP contribution in [0, 0.1) is 11.6 Å². The number of ether oxygens (including phenoxy) is 1. The summed E-state index contributed by atoms with van der Waals surface area (Å²) in [6.45, 7) is 1.64. The Morgan fingerprint density at radius 1 is 1.53 bits per heavy atom. The molecule has 2 N–H and O–H groups in total. The molecule has 1 atom stereocenters. The van der Waals surface area contributed by atoms with E-state index in [0.717, 1.165) is 0 Å². The first kappa shape index (κ1) is 14.8. The van der Waals surface area contributed by atoms with Crippen molar-refractivity contribution >= 4 is 33.1 Å². The van der Waals surface area contributed by atoms with Gasteiger partial charge in [-0.2, -0.15) is 0 Å². The maximum Gasteiger partial charge on any atom is 0.144 e. The molecule has 1 unspecified atom stereocenters. The number of nitrogens with zero attached hydrogens (tertiary/aromatic N) is 1. The largest absolute Gasteiger partial charge is 0.391 e. The van der Waals surface area contributed by atoms with E-state index in [0.29, 0.717) is 19.7 Å². The van der Waals surface area contributed by atoms with Crippen LogP contribution < -0.4 is 5.73 Å². The van der Waals surface area contributed by atoms with E-state index in [9.17, 15) is 8.78 Å². The summed E-state index contributed by atoms with van der Waals surface area (Å²) in [6, 6.07) is 2.60. The number of hydrogen-bond donors (Lipinski definition) is 1. The molecule has 2 rings (SSSR count). The van der Waals surface area contributed by atoms with Gasteiger partial charge in [-0.05, 0) is 28.1 Å². The third-order valence-corrected chi connectivity index (χ3v) is 3.86. The van der Waals surface area contributed by atoms with Gasteiger partial charge in [-0.1, -0.05) is 12.2 Å². The van der Waals surface area contributed by atoms with E-state index in [1.54, 1.807) is 0 Å². The number of nitrogens with two attached hydrogens (primary N) is 1. The van der Waals surface area contributed by atoms with Crippen LogP contribution in [-0.4, -0.2) is 35.7 Å². The molecule has 1 aromatic carbocycles. The standard InChI is InChI=1S/C12H13BrF2N2OS/c13-8-1-2-9(14)7(11(8)15)5-17-3-4-18-10(6-17)12(16)19/h1-2,10H,3-6H2,(H2,16,19). The van der Waals surface area contributed by atoms with Gasteiger partial charge in [0.25, 0.3) is 0 Å². The fourth-order valence-electron chi connectivity index (χ4n) is 1.96. The van der Waals surface area contributed by atoms with Crippen LogP contribution in [0.3, 0.4) is 0 Å². The van der Waals surface area contributed by atoms with E-state index >= 15 is 0 Å². The van der Waals surface area contributed by atoms with Crippen LogP contribution in [0.15, 0.2) is 16.6 Å². The average Bonchev–Trinajstić information content (AvgIpc) is 2.39. The molecule has 19 heavy (non-hydrogen) atoms. The lowest BCUT2D eigenvalue weighted by molar-refractivity contribution is 0.00313. The molecule has 104 valence electrons. The van der Waals surface area contributed by atoms with Gasteiger partial charge >= 0.3 is 0 Å². The highest BCUT2D eigenvalue weighted by molar-refractivity contribution is 9.10. The molecule has 1 heterocycles. The molecule has 3 nitrogen and oxygen atoms in total. The summed E-state index contributed by atoms with van der Waals surface area (Å²) < 4.78 is 33.2. The van der Waals surface area contributed by atoms with Crippen LogP contribution in [0.5, 0.6) is 0 Å². The zero-order valence-electron chi connectivity index (χ0n) is 10.0.